The normalized spacial score (nSPS) is 16.9. The molecule has 3 rings (SSSR count). The van der Waals surface area contributed by atoms with Crippen LogP contribution >= 0.6 is 15.9 Å². The number of nitrogens with zero attached hydrogens (tertiary/aromatic N) is 1. The summed E-state index contributed by atoms with van der Waals surface area (Å²) in [6.45, 7) is 2.71. The van der Waals surface area contributed by atoms with Gasteiger partial charge in [0, 0.05) is 12.5 Å². The first kappa shape index (κ1) is 14.0. The molecule has 0 saturated carbocycles. The van der Waals surface area contributed by atoms with Gasteiger partial charge in [0.05, 0.1) is 28.2 Å². The van der Waals surface area contributed by atoms with Crippen molar-refractivity contribution in [1.82, 2.24) is 15.3 Å². The van der Waals surface area contributed by atoms with E-state index in [-0.39, 0.29) is 5.82 Å². The van der Waals surface area contributed by atoms with Gasteiger partial charge in [0.15, 0.2) is 0 Å². The van der Waals surface area contributed by atoms with E-state index in [1.807, 2.05) is 0 Å². The number of rotatable bonds is 4. The van der Waals surface area contributed by atoms with Crippen LogP contribution in [0.5, 0.6) is 0 Å². The quantitative estimate of drug-likeness (QED) is 0.898. The summed E-state index contributed by atoms with van der Waals surface area (Å²) in [5, 5.41) is 3.31. The lowest BCUT2D eigenvalue weighted by molar-refractivity contribution is 0.0343. The summed E-state index contributed by atoms with van der Waals surface area (Å²) >= 11 is 3.17. The van der Waals surface area contributed by atoms with Crippen LogP contribution in [-0.4, -0.2) is 35.8 Å². The minimum Gasteiger partial charge on any atom is -0.378 e. The third-order valence-electron chi connectivity index (χ3n) is 3.55. The number of piperidine rings is 1. The Morgan fingerprint density at radius 3 is 2.95 bits per heavy atom. The van der Waals surface area contributed by atoms with Gasteiger partial charge in [0.25, 0.3) is 0 Å². The van der Waals surface area contributed by atoms with Crippen LogP contribution in [0.4, 0.5) is 4.39 Å². The summed E-state index contributed by atoms with van der Waals surface area (Å²) in [6.07, 6.45) is 3.21. The van der Waals surface area contributed by atoms with Crippen LogP contribution in [0.3, 0.4) is 0 Å². The fourth-order valence-electron chi connectivity index (χ4n) is 2.46. The Bertz CT molecular complexity index is 556. The Labute approximate surface area is 125 Å². The van der Waals surface area contributed by atoms with Crippen LogP contribution in [0.1, 0.15) is 18.7 Å². The smallest absolute Gasteiger partial charge is 0.139 e. The zero-order chi connectivity index (χ0) is 13.9. The third-order valence-corrected chi connectivity index (χ3v) is 4.16. The zero-order valence-corrected chi connectivity index (χ0v) is 12.7. The molecule has 0 atom stereocenters. The Morgan fingerprint density at radius 1 is 1.35 bits per heavy atom. The SMILES string of the molecule is Fc1cc2[nH]c(CCOC3CCNCC3)nc2cc1Br. The van der Waals surface area contributed by atoms with Crippen LogP contribution in [0.2, 0.25) is 0 Å². The van der Waals surface area contributed by atoms with Crippen LogP contribution < -0.4 is 5.32 Å². The number of hydrogen-bond acceptors (Lipinski definition) is 3. The van der Waals surface area contributed by atoms with E-state index >= 15 is 0 Å². The van der Waals surface area contributed by atoms with Crippen LogP contribution in [-0.2, 0) is 11.2 Å². The maximum atomic E-state index is 13.4. The fourth-order valence-corrected chi connectivity index (χ4v) is 2.79. The summed E-state index contributed by atoms with van der Waals surface area (Å²) in [5.41, 5.74) is 1.50. The van der Waals surface area contributed by atoms with Gasteiger partial charge < -0.3 is 15.0 Å². The van der Waals surface area contributed by atoms with Crippen molar-refractivity contribution in [2.45, 2.75) is 25.4 Å². The molecular weight excluding hydrogens is 325 g/mol. The molecule has 2 heterocycles. The molecule has 1 aliphatic heterocycles. The number of ether oxygens (including phenoxy) is 1. The molecule has 0 radical (unpaired) electrons. The Hall–Kier alpha value is -0.980. The Balaban J connectivity index is 1.60. The second-order valence-corrected chi connectivity index (χ2v) is 5.89. The van der Waals surface area contributed by atoms with Crippen molar-refractivity contribution < 1.29 is 9.13 Å². The van der Waals surface area contributed by atoms with E-state index in [1.54, 1.807) is 6.07 Å². The van der Waals surface area contributed by atoms with Gasteiger partial charge in [0.1, 0.15) is 11.6 Å². The predicted octanol–water partition coefficient (Wildman–Crippen LogP) is 2.78. The van der Waals surface area contributed by atoms with Crippen molar-refractivity contribution in [3.63, 3.8) is 0 Å². The maximum Gasteiger partial charge on any atom is 0.139 e. The molecule has 6 heteroatoms. The van der Waals surface area contributed by atoms with Crippen molar-refractivity contribution in [3.05, 3.63) is 28.2 Å². The maximum absolute atomic E-state index is 13.4. The molecule has 1 aliphatic rings. The van der Waals surface area contributed by atoms with E-state index in [9.17, 15) is 4.39 Å². The van der Waals surface area contributed by atoms with E-state index in [0.29, 0.717) is 17.2 Å². The number of H-pyrrole nitrogens is 1. The van der Waals surface area contributed by atoms with Gasteiger partial charge in [-0.05, 0) is 47.9 Å². The third kappa shape index (κ3) is 3.19. The van der Waals surface area contributed by atoms with E-state index in [0.717, 1.165) is 49.2 Å². The highest BCUT2D eigenvalue weighted by molar-refractivity contribution is 9.10. The lowest BCUT2D eigenvalue weighted by Crippen LogP contribution is -2.32. The van der Waals surface area contributed by atoms with E-state index in [1.165, 1.54) is 6.07 Å². The van der Waals surface area contributed by atoms with Crippen molar-refractivity contribution in [3.8, 4) is 0 Å². The molecule has 1 aromatic carbocycles. The van der Waals surface area contributed by atoms with Gasteiger partial charge in [-0.3, -0.25) is 0 Å². The van der Waals surface area contributed by atoms with Crippen LogP contribution in [0.15, 0.2) is 16.6 Å². The lowest BCUT2D eigenvalue weighted by atomic mass is 10.1. The highest BCUT2D eigenvalue weighted by Gasteiger charge is 2.13. The van der Waals surface area contributed by atoms with Gasteiger partial charge in [-0.25, -0.2) is 9.37 Å². The summed E-state index contributed by atoms with van der Waals surface area (Å²) in [5.74, 6) is 0.560. The van der Waals surface area contributed by atoms with Crippen molar-refractivity contribution in [2.24, 2.45) is 0 Å². The van der Waals surface area contributed by atoms with Gasteiger partial charge >= 0.3 is 0 Å². The Kier molecular flexibility index (Phi) is 4.33. The van der Waals surface area contributed by atoms with Gasteiger partial charge in [-0.1, -0.05) is 0 Å². The molecular formula is C14H17BrFN3O. The summed E-state index contributed by atoms with van der Waals surface area (Å²) < 4.78 is 19.7. The highest BCUT2D eigenvalue weighted by atomic mass is 79.9. The van der Waals surface area contributed by atoms with E-state index in [4.69, 9.17) is 4.74 Å². The number of nitrogens with one attached hydrogen (secondary N) is 2. The van der Waals surface area contributed by atoms with Crippen molar-refractivity contribution >= 4 is 27.0 Å². The molecule has 108 valence electrons. The fraction of sp³-hybridized carbons (Fsp3) is 0.500. The number of aromatic amines is 1. The molecule has 0 bridgehead atoms. The van der Waals surface area contributed by atoms with Crippen molar-refractivity contribution in [1.29, 1.82) is 0 Å². The number of benzene rings is 1. The highest BCUT2D eigenvalue weighted by Crippen LogP contribution is 2.22. The molecule has 1 saturated heterocycles. The lowest BCUT2D eigenvalue weighted by Gasteiger charge is -2.22. The molecule has 2 aromatic rings. The molecule has 2 N–H and O–H groups in total. The summed E-state index contributed by atoms with van der Waals surface area (Å²) in [7, 11) is 0. The van der Waals surface area contributed by atoms with Crippen LogP contribution in [0.25, 0.3) is 11.0 Å². The average Bonchev–Trinajstić information content (AvgIpc) is 2.82. The molecule has 20 heavy (non-hydrogen) atoms. The largest absolute Gasteiger partial charge is 0.378 e. The second kappa shape index (κ2) is 6.20. The molecule has 1 fully saturated rings. The van der Waals surface area contributed by atoms with Crippen LogP contribution in [0, 0.1) is 5.82 Å². The monoisotopic (exact) mass is 341 g/mol. The minimum atomic E-state index is -0.279. The minimum absolute atomic E-state index is 0.279. The first-order valence-electron chi connectivity index (χ1n) is 6.88. The topological polar surface area (TPSA) is 49.9 Å². The number of fused-ring (bicyclic) bond motifs is 1. The summed E-state index contributed by atoms with van der Waals surface area (Å²) in [6, 6.07) is 3.15. The standard InChI is InChI=1S/C14H17BrFN3O/c15-10-7-12-13(8-11(10)16)19-14(18-12)3-6-20-9-1-4-17-5-2-9/h7-9,17H,1-6H2,(H,18,19). The summed E-state index contributed by atoms with van der Waals surface area (Å²) in [4.78, 5) is 7.59. The number of aromatic nitrogens is 2. The van der Waals surface area contributed by atoms with Gasteiger partial charge in [-0.2, -0.15) is 0 Å². The molecule has 0 spiro atoms. The number of imidazole rings is 1. The first-order chi connectivity index (χ1) is 9.72. The number of halogens is 2. The first-order valence-corrected chi connectivity index (χ1v) is 7.67. The second-order valence-electron chi connectivity index (χ2n) is 5.04. The Morgan fingerprint density at radius 2 is 2.15 bits per heavy atom. The van der Waals surface area contributed by atoms with E-state index in [2.05, 4.69) is 31.2 Å². The molecule has 0 amide bonds. The molecule has 0 unspecified atom stereocenters. The average molecular weight is 342 g/mol. The number of hydrogen-bond donors (Lipinski definition) is 2. The van der Waals surface area contributed by atoms with Gasteiger partial charge in [0.2, 0.25) is 0 Å². The van der Waals surface area contributed by atoms with E-state index < -0.39 is 0 Å². The predicted molar refractivity (Wildman–Crippen MR) is 79.3 cm³/mol. The van der Waals surface area contributed by atoms with Gasteiger partial charge in [-0.15, -0.1) is 0 Å². The molecule has 0 aliphatic carbocycles. The van der Waals surface area contributed by atoms with Crippen molar-refractivity contribution in [2.75, 3.05) is 19.7 Å². The zero-order valence-electron chi connectivity index (χ0n) is 11.1. The molecule has 4 nitrogen and oxygen atoms in total. The molecule has 1 aromatic heterocycles.